The molecule has 0 bridgehead atoms. The summed E-state index contributed by atoms with van der Waals surface area (Å²) < 4.78 is 13.5. The Kier molecular flexibility index (Phi) is 5.86. The van der Waals surface area contributed by atoms with Crippen LogP contribution in [0, 0.1) is 17.0 Å². The molecule has 0 fully saturated rings. The van der Waals surface area contributed by atoms with Gasteiger partial charge in [0.2, 0.25) is 5.75 Å². The summed E-state index contributed by atoms with van der Waals surface area (Å²) in [6.45, 7) is 1.33. The minimum atomic E-state index is -0.578. The Morgan fingerprint density at radius 1 is 1.20 bits per heavy atom. The molecule has 1 aromatic heterocycles. The number of nitro benzene ring substituents is 1. The number of nitrogens with zero attached hydrogens (tertiary/aromatic N) is 3. The zero-order valence-electron chi connectivity index (χ0n) is 16.6. The standard InChI is InChI=1S/C20H20N4O6/c1-13-19(20(26)23(22(13)2)14-7-5-4-6-8-14)21-18(25)12-30-15-9-10-16(24(27)28)17(11-15)29-3/h4-11H,12H2,1-3H3,(H,21,25). The molecule has 0 radical (unpaired) electrons. The number of benzene rings is 2. The lowest BCUT2D eigenvalue weighted by Crippen LogP contribution is -2.25. The van der Waals surface area contributed by atoms with E-state index in [1.165, 1.54) is 30.0 Å². The van der Waals surface area contributed by atoms with E-state index in [9.17, 15) is 19.7 Å². The van der Waals surface area contributed by atoms with Gasteiger partial charge in [0.15, 0.2) is 6.61 Å². The van der Waals surface area contributed by atoms with E-state index in [2.05, 4.69) is 5.32 Å². The van der Waals surface area contributed by atoms with Gasteiger partial charge in [-0.3, -0.25) is 24.4 Å². The largest absolute Gasteiger partial charge is 0.490 e. The first-order valence-corrected chi connectivity index (χ1v) is 8.92. The number of para-hydroxylation sites is 1. The van der Waals surface area contributed by atoms with Gasteiger partial charge in [0, 0.05) is 19.2 Å². The lowest BCUT2D eigenvalue weighted by atomic mass is 10.3. The molecule has 156 valence electrons. The molecule has 0 aliphatic heterocycles. The molecule has 0 aliphatic rings. The number of nitro groups is 1. The second kappa shape index (κ2) is 8.52. The third kappa shape index (κ3) is 4.02. The molecule has 30 heavy (non-hydrogen) atoms. The Bertz CT molecular complexity index is 1150. The number of aromatic nitrogens is 2. The van der Waals surface area contributed by atoms with Crippen LogP contribution in [-0.2, 0) is 11.8 Å². The number of amides is 1. The average molecular weight is 412 g/mol. The molecule has 10 heteroatoms. The summed E-state index contributed by atoms with van der Waals surface area (Å²) in [7, 11) is 3.02. The Hall–Kier alpha value is -4.08. The van der Waals surface area contributed by atoms with Crippen LogP contribution in [0.2, 0.25) is 0 Å². The monoisotopic (exact) mass is 412 g/mol. The van der Waals surface area contributed by atoms with Crippen LogP contribution in [0.3, 0.4) is 0 Å². The van der Waals surface area contributed by atoms with E-state index in [1.807, 2.05) is 18.2 Å². The molecular weight excluding hydrogens is 392 g/mol. The molecular formula is C20H20N4O6. The van der Waals surface area contributed by atoms with Crippen molar-refractivity contribution in [2.45, 2.75) is 6.92 Å². The lowest BCUT2D eigenvalue weighted by Gasteiger charge is -2.08. The van der Waals surface area contributed by atoms with E-state index in [4.69, 9.17) is 9.47 Å². The zero-order valence-corrected chi connectivity index (χ0v) is 16.6. The first-order valence-electron chi connectivity index (χ1n) is 8.92. The third-order valence-corrected chi connectivity index (χ3v) is 4.54. The topological polar surface area (TPSA) is 118 Å². The highest BCUT2D eigenvalue weighted by Crippen LogP contribution is 2.30. The quantitative estimate of drug-likeness (QED) is 0.470. The van der Waals surface area contributed by atoms with Crippen molar-refractivity contribution in [1.29, 1.82) is 0 Å². The first kappa shape index (κ1) is 20.6. The number of carbonyl (C=O) groups excluding carboxylic acids is 1. The summed E-state index contributed by atoms with van der Waals surface area (Å²) in [5.74, 6) is -0.306. The number of nitrogens with one attached hydrogen (secondary N) is 1. The molecule has 0 spiro atoms. The van der Waals surface area contributed by atoms with Crippen molar-refractivity contribution >= 4 is 17.3 Å². The predicted molar refractivity (Wildman–Crippen MR) is 110 cm³/mol. The number of hydrogen-bond acceptors (Lipinski definition) is 6. The molecule has 1 heterocycles. The fourth-order valence-corrected chi connectivity index (χ4v) is 2.94. The van der Waals surface area contributed by atoms with E-state index < -0.39 is 10.8 Å². The van der Waals surface area contributed by atoms with E-state index in [-0.39, 0.29) is 35.0 Å². The van der Waals surface area contributed by atoms with Crippen molar-refractivity contribution in [2.75, 3.05) is 19.0 Å². The normalized spacial score (nSPS) is 10.5. The number of anilines is 1. The summed E-state index contributed by atoms with van der Waals surface area (Å²) in [6, 6.07) is 13.0. The Morgan fingerprint density at radius 2 is 1.90 bits per heavy atom. The Labute approximate surface area is 171 Å². The average Bonchev–Trinajstić information content (AvgIpc) is 2.95. The molecule has 3 aromatic rings. The van der Waals surface area contributed by atoms with Crippen LogP contribution in [0.4, 0.5) is 11.4 Å². The number of carbonyl (C=O) groups is 1. The Morgan fingerprint density at radius 3 is 2.53 bits per heavy atom. The van der Waals surface area contributed by atoms with E-state index in [0.717, 1.165) is 0 Å². The molecule has 0 saturated heterocycles. The van der Waals surface area contributed by atoms with Crippen LogP contribution in [0.1, 0.15) is 5.69 Å². The number of ether oxygens (including phenoxy) is 2. The van der Waals surface area contributed by atoms with Gasteiger partial charge in [-0.2, -0.15) is 0 Å². The van der Waals surface area contributed by atoms with Gasteiger partial charge >= 0.3 is 5.69 Å². The maximum Gasteiger partial charge on any atom is 0.311 e. The van der Waals surface area contributed by atoms with E-state index in [0.29, 0.717) is 11.4 Å². The lowest BCUT2D eigenvalue weighted by molar-refractivity contribution is -0.385. The van der Waals surface area contributed by atoms with Gasteiger partial charge in [-0.05, 0) is 25.1 Å². The smallest absolute Gasteiger partial charge is 0.311 e. The van der Waals surface area contributed by atoms with Crippen molar-refractivity contribution in [2.24, 2.45) is 7.05 Å². The van der Waals surface area contributed by atoms with Gasteiger partial charge in [0.1, 0.15) is 11.4 Å². The highest BCUT2D eigenvalue weighted by molar-refractivity contribution is 5.92. The molecule has 3 rings (SSSR count). The summed E-state index contributed by atoms with van der Waals surface area (Å²) in [4.78, 5) is 35.5. The Balaban J connectivity index is 1.75. The molecule has 1 amide bonds. The highest BCUT2D eigenvalue weighted by atomic mass is 16.6. The van der Waals surface area contributed by atoms with Crippen LogP contribution in [0.5, 0.6) is 11.5 Å². The van der Waals surface area contributed by atoms with Gasteiger partial charge in [-0.1, -0.05) is 18.2 Å². The SMILES string of the molecule is COc1cc(OCC(=O)Nc2c(C)n(C)n(-c3ccccc3)c2=O)ccc1[N+](=O)[O-]. The number of rotatable bonds is 7. The summed E-state index contributed by atoms with van der Waals surface area (Å²) in [6.07, 6.45) is 0. The molecule has 0 saturated carbocycles. The van der Waals surface area contributed by atoms with Crippen molar-refractivity contribution in [3.8, 4) is 17.2 Å². The minimum absolute atomic E-state index is 0.0163. The van der Waals surface area contributed by atoms with Crippen molar-refractivity contribution in [3.05, 3.63) is 74.7 Å². The second-order valence-electron chi connectivity index (χ2n) is 6.36. The fourth-order valence-electron chi connectivity index (χ4n) is 2.94. The first-order chi connectivity index (χ1) is 14.3. The van der Waals surface area contributed by atoms with Gasteiger partial charge in [-0.15, -0.1) is 0 Å². The number of methoxy groups -OCH3 is 1. The van der Waals surface area contributed by atoms with Crippen molar-refractivity contribution < 1.29 is 19.2 Å². The summed E-state index contributed by atoms with van der Waals surface area (Å²) in [5, 5.41) is 13.5. The van der Waals surface area contributed by atoms with Gasteiger partial charge in [-0.25, -0.2) is 4.68 Å². The van der Waals surface area contributed by atoms with Gasteiger partial charge < -0.3 is 14.8 Å². The van der Waals surface area contributed by atoms with Crippen molar-refractivity contribution in [3.63, 3.8) is 0 Å². The van der Waals surface area contributed by atoms with Crippen LogP contribution in [0.15, 0.2) is 53.3 Å². The maximum absolute atomic E-state index is 12.8. The molecule has 10 nitrogen and oxygen atoms in total. The molecule has 1 N–H and O–H groups in total. The highest BCUT2D eigenvalue weighted by Gasteiger charge is 2.19. The van der Waals surface area contributed by atoms with Gasteiger partial charge in [0.05, 0.1) is 23.4 Å². The van der Waals surface area contributed by atoms with Crippen LogP contribution in [0.25, 0.3) is 5.69 Å². The molecule has 2 aromatic carbocycles. The summed E-state index contributed by atoms with van der Waals surface area (Å²) in [5.41, 5.74) is 0.815. The molecule has 0 atom stereocenters. The zero-order chi connectivity index (χ0) is 21.8. The maximum atomic E-state index is 12.8. The second-order valence-corrected chi connectivity index (χ2v) is 6.36. The van der Waals surface area contributed by atoms with Crippen LogP contribution >= 0.6 is 0 Å². The van der Waals surface area contributed by atoms with E-state index >= 15 is 0 Å². The third-order valence-electron chi connectivity index (χ3n) is 4.54. The minimum Gasteiger partial charge on any atom is -0.490 e. The van der Waals surface area contributed by atoms with Gasteiger partial charge in [0.25, 0.3) is 11.5 Å². The number of hydrogen-bond donors (Lipinski definition) is 1. The van der Waals surface area contributed by atoms with E-state index in [1.54, 1.807) is 30.8 Å². The summed E-state index contributed by atoms with van der Waals surface area (Å²) >= 11 is 0. The fraction of sp³-hybridized carbons (Fsp3) is 0.200. The molecule has 0 unspecified atom stereocenters. The molecule has 0 aliphatic carbocycles. The van der Waals surface area contributed by atoms with Crippen LogP contribution in [-0.4, -0.2) is 33.9 Å². The predicted octanol–water partition coefficient (Wildman–Crippen LogP) is 2.42. The van der Waals surface area contributed by atoms with Crippen LogP contribution < -0.4 is 20.3 Å². The van der Waals surface area contributed by atoms with Crippen molar-refractivity contribution in [1.82, 2.24) is 9.36 Å².